The van der Waals surface area contributed by atoms with Gasteiger partial charge in [0.15, 0.2) is 11.8 Å². The van der Waals surface area contributed by atoms with Gasteiger partial charge in [-0.3, -0.25) is 0 Å². The number of allylic oxidation sites excluding steroid dienone is 7. The number of thioether (sulfide) groups is 1. The van der Waals surface area contributed by atoms with E-state index in [9.17, 15) is 22.8 Å². The average molecular weight is 939 g/mol. The molecule has 6 aliphatic carbocycles. The summed E-state index contributed by atoms with van der Waals surface area (Å²) in [6.07, 6.45) is 33.4. The molecule has 0 radical (unpaired) electrons. The third kappa shape index (κ3) is 10.6. The fourth-order valence-corrected chi connectivity index (χ4v) is 16.3. The second-order valence-corrected chi connectivity index (χ2v) is 24.1. The highest BCUT2D eigenvalue weighted by Crippen LogP contribution is 2.60. The molecule has 0 bridgehead atoms. The molecule has 10 unspecified atom stereocenters. The van der Waals surface area contributed by atoms with Crippen LogP contribution in [0.1, 0.15) is 163 Å². The van der Waals surface area contributed by atoms with Crippen LogP contribution in [0.3, 0.4) is 0 Å². The van der Waals surface area contributed by atoms with Gasteiger partial charge in [-0.15, -0.1) is 0 Å². The van der Waals surface area contributed by atoms with Crippen LogP contribution in [0.15, 0.2) is 46.9 Å². The van der Waals surface area contributed by atoms with Crippen LogP contribution in [0.2, 0.25) is 0 Å². The number of rotatable bonds is 16. The Morgan fingerprint density at radius 2 is 1.42 bits per heavy atom. The summed E-state index contributed by atoms with van der Waals surface area (Å²) in [5, 5.41) is 12.1. The molecule has 2 aliphatic heterocycles. The molecule has 2 heterocycles. The summed E-state index contributed by atoms with van der Waals surface area (Å²) in [7, 11) is 0. The first-order valence-electron chi connectivity index (χ1n) is 25.3. The maximum absolute atomic E-state index is 11.3. The molecule has 5 saturated carbocycles. The summed E-state index contributed by atoms with van der Waals surface area (Å²) in [5.41, 5.74) is 5.19. The molecule has 10 nitrogen and oxygen atoms in total. The zero-order chi connectivity index (χ0) is 45.0. The molecule has 0 aromatic carbocycles. The minimum atomic E-state index is -2.51. The van der Waals surface area contributed by atoms with Crippen molar-refractivity contribution < 1.29 is 35.2 Å². The Morgan fingerprint density at radius 3 is 2.11 bits per heavy atom. The predicted octanol–water partition coefficient (Wildman–Crippen LogP) is 10.7. The largest absolute Gasteiger partial charge is 0.750 e. The smallest absolute Gasteiger partial charge is 0.182 e. The molecular formula is C51H76N3O7S3-. The van der Waals surface area contributed by atoms with Gasteiger partial charge in [0.25, 0.3) is 0 Å². The van der Waals surface area contributed by atoms with E-state index in [1.54, 1.807) is 0 Å². The van der Waals surface area contributed by atoms with Gasteiger partial charge in [-0.05, 0) is 162 Å². The van der Waals surface area contributed by atoms with Gasteiger partial charge in [-0.2, -0.15) is 5.26 Å². The van der Waals surface area contributed by atoms with Crippen LogP contribution >= 0.6 is 11.8 Å². The third-order valence-electron chi connectivity index (χ3n) is 17.7. The van der Waals surface area contributed by atoms with Crippen molar-refractivity contribution in [3.05, 3.63) is 46.9 Å². The highest BCUT2D eigenvalue weighted by atomic mass is 32.2. The molecular weight excluding hydrogens is 863 g/mol. The molecule has 0 spiro atoms. The van der Waals surface area contributed by atoms with Gasteiger partial charge in [0, 0.05) is 53.8 Å². The molecule has 0 N–H and O–H groups in total. The summed E-state index contributed by atoms with van der Waals surface area (Å²) >= 11 is -3.60. The first kappa shape index (κ1) is 48.7. The molecule has 356 valence electrons. The van der Waals surface area contributed by atoms with Crippen LogP contribution in [0.25, 0.3) is 0 Å². The van der Waals surface area contributed by atoms with Crippen LogP contribution < -0.4 is 0 Å². The normalized spacial score (nSPS) is 37.0. The van der Waals surface area contributed by atoms with Gasteiger partial charge in [-0.1, -0.05) is 58.4 Å². The number of nitriles is 1. The van der Waals surface area contributed by atoms with Gasteiger partial charge in [0.1, 0.15) is 17.7 Å². The van der Waals surface area contributed by atoms with Crippen molar-refractivity contribution in [1.29, 1.82) is 5.26 Å². The molecule has 0 amide bonds. The van der Waals surface area contributed by atoms with E-state index < -0.39 is 22.7 Å². The van der Waals surface area contributed by atoms with Crippen molar-refractivity contribution in [2.45, 2.75) is 186 Å². The van der Waals surface area contributed by atoms with Crippen molar-refractivity contribution in [2.24, 2.45) is 46.3 Å². The Kier molecular flexibility index (Phi) is 16.5. The summed E-state index contributed by atoms with van der Waals surface area (Å²) < 4.78 is 65.2. The van der Waals surface area contributed by atoms with Crippen molar-refractivity contribution >= 4 is 40.2 Å². The van der Waals surface area contributed by atoms with E-state index in [1.807, 2.05) is 0 Å². The average Bonchev–Trinajstić information content (AvgIpc) is 3.64. The number of thiocyanates is 1. The van der Waals surface area contributed by atoms with Crippen LogP contribution in [0, 0.1) is 57.0 Å². The Labute approximate surface area is 394 Å². The SMILES string of the molecule is CC1(C)C(/C=C/C2=C(OC3CCC(SC#N)CC3)C(=C/C=C3/N(CCCOS(=O)[O-])C4CCC5CCCCC5C4C3(C)C)/CCC2)=[N+](CCCOS(=O)[O-])C2CCC3CCCCC3C21. The molecule has 13 heteroatoms. The Morgan fingerprint density at radius 1 is 0.766 bits per heavy atom. The van der Waals surface area contributed by atoms with E-state index >= 15 is 0 Å². The van der Waals surface area contributed by atoms with E-state index in [2.05, 4.69) is 66.9 Å². The summed E-state index contributed by atoms with van der Waals surface area (Å²) in [6, 6.07) is 0.899. The Bertz CT molecular complexity index is 1910. The van der Waals surface area contributed by atoms with Gasteiger partial charge in [0.05, 0.1) is 47.5 Å². The second-order valence-electron chi connectivity index (χ2n) is 21.7. The molecule has 0 aromatic rings. The molecule has 0 aromatic heterocycles. The van der Waals surface area contributed by atoms with E-state index in [0.717, 1.165) is 87.5 Å². The minimum Gasteiger partial charge on any atom is -0.750 e. The van der Waals surface area contributed by atoms with E-state index in [1.165, 1.54) is 111 Å². The van der Waals surface area contributed by atoms with Crippen molar-refractivity contribution in [2.75, 3.05) is 26.3 Å². The minimum absolute atomic E-state index is 0.0282. The Balaban J connectivity index is 1.15. The summed E-state index contributed by atoms with van der Waals surface area (Å²) in [6.45, 7) is 11.8. The molecule has 10 atom stereocenters. The van der Waals surface area contributed by atoms with Gasteiger partial charge >= 0.3 is 0 Å². The number of hydrogen-bond donors (Lipinski definition) is 0. The summed E-state index contributed by atoms with van der Waals surface area (Å²) in [4.78, 5) is 2.65. The van der Waals surface area contributed by atoms with Crippen molar-refractivity contribution in [3.8, 4) is 5.40 Å². The monoisotopic (exact) mass is 938 g/mol. The van der Waals surface area contributed by atoms with Crippen LogP contribution in [-0.4, -0.2) is 82.5 Å². The van der Waals surface area contributed by atoms with Gasteiger partial charge in [-0.25, -0.2) is 13.0 Å². The lowest BCUT2D eigenvalue weighted by molar-refractivity contribution is -0.569. The number of ether oxygens (including phenoxy) is 1. The number of likely N-dealkylation sites (tertiary alicyclic amines) is 1. The van der Waals surface area contributed by atoms with Gasteiger partial charge in [0.2, 0.25) is 0 Å². The first-order valence-corrected chi connectivity index (χ1v) is 28.2. The maximum atomic E-state index is 11.3. The van der Waals surface area contributed by atoms with E-state index in [-0.39, 0.29) is 30.1 Å². The molecule has 1 saturated heterocycles. The molecule has 64 heavy (non-hydrogen) atoms. The molecule has 6 fully saturated rings. The topological polar surface area (TPSA) is 138 Å². The third-order valence-corrected chi connectivity index (χ3v) is 19.3. The predicted molar refractivity (Wildman–Crippen MR) is 254 cm³/mol. The number of nitrogens with zero attached hydrogens (tertiary/aromatic N) is 3. The summed E-state index contributed by atoms with van der Waals surface area (Å²) in [5.74, 6) is 5.23. The van der Waals surface area contributed by atoms with E-state index in [0.29, 0.717) is 42.0 Å². The first-order chi connectivity index (χ1) is 30.9. The fraction of sp³-hybridized carbons (Fsp3) is 0.804. The lowest BCUT2D eigenvalue weighted by Crippen LogP contribution is -2.46. The van der Waals surface area contributed by atoms with Crippen LogP contribution in [0.5, 0.6) is 0 Å². The lowest BCUT2D eigenvalue weighted by atomic mass is 9.57. The number of hydrogen-bond acceptors (Lipinski definition) is 10. The second kappa shape index (κ2) is 21.7. The van der Waals surface area contributed by atoms with Crippen LogP contribution in [0.4, 0.5) is 0 Å². The van der Waals surface area contributed by atoms with Crippen molar-refractivity contribution in [1.82, 2.24) is 4.90 Å². The Hall–Kier alpha value is -1.79. The van der Waals surface area contributed by atoms with Crippen LogP contribution in [-0.2, 0) is 35.8 Å². The zero-order valence-electron chi connectivity index (χ0n) is 39.2. The lowest BCUT2D eigenvalue weighted by Gasteiger charge is -2.47. The zero-order valence-corrected chi connectivity index (χ0v) is 41.6. The molecule has 8 aliphatic rings. The highest BCUT2D eigenvalue weighted by molar-refractivity contribution is 8.04. The fourth-order valence-electron chi connectivity index (χ4n) is 15.2. The quantitative estimate of drug-likeness (QED) is 0.0636. The van der Waals surface area contributed by atoms with Gasteiger partial charge < -0.3 is 27.1 Å². The van der Waals surface area contributed by atoms with E-state index in [4.69, 9.17) is 13.1 Å². The van der Waals surface area contributed by atoms with Crippen molar-refractivity contribution in [3.63, 3.8) is 0 Å². The standard InChI is InChI=1S/C51H77N3O7S3/c1-50(2)45(53(30-10-32-59-63(55)56)43-26-18-35-12-5-7-16-41(35)47(43)50)28-20-37-14-9-15-38(49(37)61-39-22-24-40(25-23-39)62-34-52)21-29-46-51(3,4)48-42-17-8-6-13-36(42)19-27-44(48)54(46)31-11-33-60-64(57)58/h20-21,28-29,35-36,39-44,47-48H,5-19,22-27,30-33H2,1-4H3,(H-,55,56,57,58)/p-1. The maximum Gasteiger partial charge on any atom is 0.182 e. The highest BCUT2D eigenvalue weighted by Gasteiger charge is 2.60. The molecule has 8 rings (SSSR count). The number of fused-ring (bicyclic) bond motifs is 6.